The average molecular weight is 220 g/mol. The van der Waals surface area contributed by atoms with Crippen molar-refractivity contribution in [2.75, 3.05) is 5.75 Å². The highest BCUT2D eigenvalue weighted by Crippen LogP contribution is 2.19. The first-order chi connectivity index (χ1) is 6.68. The predicted molar refractivity (Wildman–Crippen MR) is 68.4 cm³/mol. The van der Waals surface area contributed by atoms with Crippen molar-refractivity contribution < 1.29 is 0 Å². The van der Waals surface area contributed by atoms with E-state index in [1.807, 2.05) is 11.8 Å². The van der Waals surface area contributed by atoms with E-state index in [4.69, 9.17) is 0 Å². The van der Waals surface area contributed by atoms with Gasteiger partial charge < -0.3 is 0 Å². The van der Waals surface area contributed by atoms with E-state index in [0.29, 0.717) is 0 Å². The lowest BCUT2D eigenvalue weighted by Crippen LogP contribution is -1.96. The summed E-state index contributed by atoms with van der Waals surface area (Å²) in [6.07, 6.45) is 0. The van der Waals surface area contributed by atoms with Crippen LogP contribution in [-0.4, -0.2) is 19.9 Å². The Hall–Kier alpha value is -0.158. The highest BCUT2D eigenvalue weighted by Gasteiger charge is 1.98. The molecule has 0 saturated heterocycles. The second kappa shape index (κ2) is 6.35. The number of benzene rings is 1. The molecule has 1 aromatic carbocycles. The standard InChI is InChI=1S/C10H11S.2CH3.Al/c1-9(2)8-11-10-6-4-3-5-7-10;;;/h1,3-7H,8H2,2H3;2*1H3;. The zero-order chi connectivity index (χ0) is 10.4. The second-order valence-corrected chi connectivity index (χ2v) is 7.73. The van der Waals surface area contributed by atoms with Crippen LogP contribution in [0.3, 0.4) is 0 Å². The van der Waals surface area contributed by atoms with E-state index in [1.54, 1.807) is 0 Å². The third-order valence-corrected chi connectivity index (χ3v) is 4.27. The summed E-state index contributed by atoms with van der Waals surface area (Å²) in [5, 5.41) is 0. The lowest BCUT2D eigenvalue weighted by molar-refractivity contribution is 1.39. The smallest absolute Gasteiger partial charge is 0.145 e. The molecule has 0 bridgehead atoms. The largest absolute Gasteiger partial charge is 0.288 e. The van der Waals surface area contributed by atoms with Crippen LogP contribution in [0.1, 0.15) is 6.92 Å². The maximum atomic E-state index is 2.47. The summed E-state index contributed by atoms with van der Waals surface area (Å²) in [7, 11) is 0. The molecule has 0 N–H and O–H groups in total. The van der Waals surface area contributed by atoms with E-state index in [0.717, 1.165) is 5.75 Å². The van der Waals surface area contributed by atoms with Gasteiger partial charge in [-0.25, -0.2) is 0 Å². The molecule has 0 nitrogen and oxygen atoms in total. The van der Waals surface area contributed by atoms with Crippen LogP contribution in [0.2, 0.25) is 11.6 Å². The molecular weight excluding hydrogens is 203 g/mol. The lowest BCUT2D eigenvalue weighted by atomic mass is 10.4. The number of rotatable bonds is 4. The number of thioether (sulfide) groups is 1. The summed E-state index contributed by atoms with van der Waals surface area (Å²) < 4.78 is 0. The molecule has 2 heteroatoms. The molecule has 14 heavy (non-hydrogen) atoms. The SMILES string of the molecule is C/C(=[CH]\[Al]([CH3])[CH3])CSc1ccccc1. The van der Waals surface area contributed by atoms with Crippen LogP contribution >= 0.6 is 11.8 Å². The van der Waals surface area contributed by atoms with Crippen LogP contribution in [0.4, 0.5) is 0 Å². The highest BCUT2D eigenvalue weighted by molar-refractivity contribution is 7.99. The molecule has 0 radical (unpaired) electrons. The Balaban J connectivity index is 2.42. The van der Waals surface area contributed by atoms with Gasteiger partial charge in [-0.2, -0.15) is 0 Å². The quantitative estimate of drug-likeness (QED) is 0.545. The van der Waals surface area contributed by atoms with Crippen LogP contribution < -0.4 is 0 Å². The van der Waals surface area contributed by atoms with Crippen LogP contribution in [0.5, 0.6) is 0 Å². The van der Waals surface area contributed by atoms with Crippen LogP contribution in [0.15, 0.2) is 45.7 Å². The molecule has 0 aliphatic carbocycles. The maximum Gasteiger partial charge on any atom is 0.288 e. The molecule has 0 fully saturated rings. The Bertz CT molecular complexity index is 290. The lowest BCUT2D eigenvalue weighted by Gasteiger charge is -2.02. The van der Waals surface area contributed by atoms with Gasteiger partial charge in [0.2, 0.25) is 0 Å². The fourth-order valence-electron chi connectivity index (χ4n) is 1.33. The highest BCUT2D eigenvalue weighted by atomic mass is 32.2. The van der Waals surface area contributed by atoms with Gasteiger partial charge in [-0.3, -0.25) is 0 Å². The summed E-state index contributed by atoms with van der Waals surface area (Å²) in [6, 6.07) is 10.6. The zero-order valence-corrected chi connectivity index (χ0v) is 11.1. The molecule has 0 aliphatic heterocycles. The molecule has 74 valence electrons. The topological polar surface area (TPSA) is 0 Å². The van der Waals surface area contributed by atoms with Gasteiger partial charge >= 0.3 is 0 Å². The maximum absolute atomic E-state index is 2.47. The molecule has 1 aromatic rings. The van der Waals surface area contributed by atoms with E-state index < -0.39 is 14.1 Å². The molecular formula is C12H17AlS. The molecule has 0 heterocycles. The molecule has 1 rings (SSSR count). The summed E-state index contributed by atoms with van der Waals surface area (Å²) in [5.74, 6) is 5.85. The van der Waals surface area contributed by atoms with Crippen molar-refractivity contribution in [2.24, 2.45) is 0 Å². The molecule has 0 amide bonds. The van der Waals surface area contributed by atoms with Gasteiger partial charge in [-0.1, -0.05) is 23.8 Å². The van der Waals surface area contributed by atoms with Crippen molar-refractivity contribution in [3.8, 4) is 0 Å². The third kappa shape index (κ3) is 4.91. The van der Waals surface area contributed by atoms with Crippen molar-refractivity contribution in [1.29, 1.82) is 0 Å². The summed E-state index contributed by atoms with van der Waals surface area (Å²) in [4.78, 5) is 3.83. The summed E-state index contributed by atoms with van der Waals surface area (Å²) in [6.45, 7) is 2.24. The van der Waals surface area contributed by atoms with Crippen LogP contribution in [-0.2, 0) is 0 Å². The molecule has 0 spiro atoms. The van der Waals surface area contributed by atoms with Crippen molar-refractivity contribution in [3.63, 3.8) is 0 Å². The van der Waals surface area contributed by atoms with E-state index in [-0.39, 0.29) is 0 Å². The van der Waals surface area contributed by atoms with Gasteiger partial charge in [0.1, 0.15) is 0 Å². The fraction of sp³-hybridized carbons (Fsp3) is 0.333. The second-order valence-electron chi connectivity index (χ2n) is 3.86. The van der Waals surface area contributed by atoms with Gasteiger partial charge in [0.15, 0.2) is 0 Å². The number of hydrogen-bond acceptors (Lipinski definition) is 1. The monoisotopic (exact) mass is 220 g/mol. The van der Waals surface area contributed by atoms with Crippen molar-refractivity contribution in [1.82, 2.24) is 0 Å². The Morgan fingerprint density at radius 3 is 2.50 bits per heavy atom. The van der Waals surface area contributed by atoms with Gasteiger partial charge in [0.05, 0.1) is 0 Å². The number of hydrogen-bond donors (Lipinski definition) is 0. The minimum Gasteiger partial charge on any atom is -0.145 e. The molecule has 0 aromatic heterocycles. The first-order valence-electron chi connectivity index (χ1n) is 5.03. The van der Waals surface area contributed by atoms with Crippen molar-refractivity contribution in [2.45, 2.75) is 23.4 Å². The first kappa shape index (κ1) is 11.9. The van der Waals surface area contributed by atoms with E-state index >= 15 is 0 Å². The van der Waals surface area contributed by atoms with Gasteiger partial charge in [-0.05, 0) is 19.1 Å². The Morgan fingerprint density at radius 1 is 1.29 bits per heavy atom. The molecule has 0 saturated carbocycles. The van der Waals surface area contributed by atoms with E-state index in [1.165, 1.54) is 10.5 Å². The average Bonchev–Trinajstić information content (AvgIpc) is 2.15. The van der Waals surface area contributed by atoms with Crippen molar-refractivity contribution >= 4 is 25.9 Å². The normalized spacial score (nSPS) is 11.5. The molecule has 0 unspecified atom stereocenters. The first-order valence-corrected chi connectivity index (χ1v) is 9.00. The Morgan fingerprint density at radius 2 is 1.93 bits per heavy atom. The summed E-state index contributed by atoms with van der Waals surface area (Å²) >= 11 is 1.40. The third-order valence-electron chi connectivity index (χ3n) is 1.83. The minimum absolute atomic E-state index is 0.529. The Labute approximate surface area is 95.8 Å². The molecule has 0 aliphatic rings. The van der Waals surface area contributed by atoms with Gasteiger partial charge in [-0.15, -0.1) is 28.3 Å². The van der Waals surface area contributed by atoms with E-state index in [9.17, 15) is 0 Å². The van der Waals surface area contributed by atoms with Gasteiger partial charge in [0, 0.05) is 10.6 Å². The minimum atomic E-state index is -0.529. The van der Waals surface area contributed by atoms with Crippen LogP contribution in [0, 0.1) is 0 Å². The van der Waals surface area contributed by atoms with Crippen LogP contribution in [0.25, 0.3) is 0 Å². The zero-order valence-electron chi connectivity index (χ0n) is 9.16. The van der Waals surface area contributed by atoms with E-state index in [2.05, 4.69) is 53.8 Å². The molecule has 0 atom stereocenters. The summed E-state index contributed by atoms with van der Waals surface area (Å²) in [5.41, 5.74) is 1.53. The Kier molecular flexibility index (Phi) is 5.40. The fourth-order valence-corrected chi connectivity index (χ4v) is 3.60. The van der Waals surface area contributed by atoms with Gasteiger partial charge in [0.25, 0.3) is 14.1 Å². The predicted octanol–water partition coefficient (Wildman–Crippen LogP) is 4.02. The van der Waals surface area contributed by atoms with Crippen molar-refractivity contribution in [3.05, 3.63) is 40.8 Å².